The summed E-state index contributed by atoms with van der Waals surface area (Å²) < 4.78 is 32.3. The molecule has 0 aliphatic carbocycles. The molecular weight excluding hydrogens is 475 g/mol. The lowest BCUT2D eigenvalue weighted by molar-refractivity contribution is 0.0200. The number of halogens is 1. The number of aliphatic imine (C=N–C) groups is 1. The molecule has 7 nitrogen and oxygen atoms in total. The summed E-state index contributed by atoms with van der Waals surface area (Å²) in [7, 11) is -1.59. The predicted octanol–water partition coefficient (Wildman–Crippen LogP) is 1.15. The second kappa shape index (κ2) is 12.6. The molecule has 0 amide bonds. The molecule has 2 unspecified atom stereocenters. The monoisotopic (exact) mass is 506 g/mol. The highest BCUT2D eigenvalue weighted by Crippen LogP contribution is 2.16. The van der Waals surface area contributed by atoms with Crippen molar-refractivity contribution in [3.63, 3.8) is 0 Å². The Morgan fingerprint density at radius 2 is 2.12 bits per heavy atom. The van der Waals surface area contributed by atoms with E-state index in [1.165, 1.54) is 12.2 Å². The van der Waals surface area contributed by atoms with E-state index in [4.69, 9.17) is 4.74 Å². The van der Waals surface area contributed by atoms with Crippen LogP contribution in [-0.2, 0) is 14.8 Å². The van der Waals surface area contributed by atoms with Crippen molar-refractivity contribution < 1.29 is 13.2 Å². The van der Waals surface area contributed by atoms with E-state index in [2.05, 4.69) is 20.3 Å². The highest BCUT2D eigenvalue weighted by Gasteiger charge is 2.18. The largest absolute Gasteiger partial charge is 0.377 e. The van der Waals surface area contributed by atoms with Gasteiger partial charge in [-0.25, -0.2) is 13.1 Å². The molecule has 25 heavy (non-hydrogen) atoms. The summed E-state index contributed by atoms with van der Waals surface area (Å²) >= 11 is 1.94. The molecule has 148 valence electrons. The molecule has 2 aliphatic heterocycles. The molecule has 0 aromatic heterocycles. The zero-order chi connectivity index (χ0) is 17.3. The minimum atomic E-state index is -3.30. The second-order valence-electron chi connectivity index (χ2n) is 6.21. The molecule has 0 aromatic rings. The third kappa shape index (κ3) is 9.64. The first-order chi connectivity index (χ1) is 11.6. The maximum atomic E-state index is 12.1. The zero-order valence-electron chi connectivity index (χ0n) is 14.8. The maximum absolute atomic E-state index is 12.1. The molecule has 0 aromatic carbocycles. The van der Waals surface area contributed by atoms with Crippen LogP contribution in [0.1, 0.15) is 32.1 Å². The van der Waals surface area contributed by atoms with Gasteiger partial charge in [0.2, 0.25) is 10.0 Å². The van der Waals surface area contributed by atoms with Crippen LogP contribution in [0.2, 0.25) is 0 Å². The number of thioether (sulfide) groups is 1. The minimum Gasteiger partial charge on any atom is -0.377 e. The van der Waals surface area contributed by atoms with Gasteiger partial charge in [-0.15, -0.1) is 24.0 Å². The quantitative estimate of drug-likeness (QED) is 0.273. The Balaban J connectivity index is 0.00000312. The average Bonchev–Trinajstić information content (AvgIpc) is 2.61. The SMILES string of the molecule is CN=C(NCCS(=O)(=O)NCC1CCCCO1)NC1CCCSC1.I. The summed E-state index contributed by atoms with van der Waals surface area (Å²) in [5, 5.41) is 6.45. The molecule has 2 atom stereocenters. The fourth-order valence-corrected chi connectivity index (χ4v) is 4.83. The van der Waals surface area contributed by atoms with Crippen LogP contribution in [0.5, 0.6) is 0 Å². The lowest BCUT2D eigenvalue weighted by Gasteiger charge is -2.24. The number of guanidine groups is 1. The number of nitrogens with zero attached hydrogens (tertiary/aromatic N) is 1. The Bertz CT molecular complexity index is 493. The molecule has 0 spiro atoms. The fraction of sp³-hybridized carbons (Fsp3) is 0.933. The van der Waals surface area contributed by atoms with Crippen molar-refractivity contribution in [2.45, 2.75) is 44.2 Å². The van der Waals surface area contributed by atoms with Crippen LogP contribution in [0.3, 0.4) is 0 Å². The summed E-state index contributed by atoms with van der Waals surface area (Å²) in [4.78, 5) is 4.17. The third-order valence-corrected chi connectivity index (χ3v) is 6.76. The van der Waals surface area contributed by atoms with Gasteiger partial charge in [-0.05, 0) is 37.9 Å². The van der Waals surface area contributed by atoms with Crippen LogP contribution < -0.4 is 15.4 Å². The molecule has 2 fully saturated rings. The van der Waals surface area contributed by atoms with E-state index < -0.39 is 10.0 Å². The van der Waals surface area contributed by atoms with Crippen LogP contribution >= 0.6 is 35.7 Å². The van der Waals surface area contributed by atoms with Gasteiger partial charge >= 0.3 is 0 Å². The smallest absolute Gasteiger partial charge is 0.213 e. The number of nitrogens with one attached hydrogen (secondary N) is 3. The second-order valence-corrected chi connectivity index (χ2v) is 9.29. The van der Waals surface area contributed by atoms with Gasteiger partial charge in [-0.3, -0.25) is 4.99 Å². The first-order valence-corrected chi connectivity index (χ1v) is 11.5. The molecule has 2 saturated heterocycles. The van der Waals surface area contributed by atoms with Crippen molar-refractivity contribution in [1.82, 2.24) is 15.4 Å². The van der Waals surface area contributed by atoms with E-state index in [0.29, 0.717) is 25.1 Å². The van der Waals surface area contributed by atoms with Gasteiger partial charge in [0.25, 0.3) is 0 Å². The van der Waals surface area contributed by atoms with Gasteiger partial charge in [0.1, 0.15) is 0 Å². The van der Waals surface area contributed by atoms with Crippen LogP contribution in [0.4, 0.5) is 0 Å². The van der Waals surface area contributed by atoms with Crippen molar-refractivity contribution in [3.8, 4) is 0 Å². The summed E-state index contributed by atoms with van der Waals surface area (Å²) in [6.45, 7) is 1.43. The number of hydrogen-bond acceptors (Lipinski definition) is 5. The lowest BCUT2D eigenvalue weighted by Crippen LogP contribution is -2.47. The molecule has 2 aliphatic rings. The highest BCUT2D eigenvalue weighted by atomic mass is 127. The van der Waals surface area contributed by atoms with Crippen LogP contribution in [0.25, 0.3) is 0 Å². The van der Waals surface area contributed by atoms with Crippen LogP contribution in [-0.4, -0.2) is 70.5 Å². The van der Waals surface area contributed by atoms with Crippen LogP contribution in [0, 0.1) is 0 Å². The number of sulfonamides is 1. The lowest BCUT2D eigenvalue weighted by atomic mass is 10.1. The van der Waals surface area contributed by atoms with Gasteiger partial charge in [0, 0.05) is 38.5 Å². The summed E-state index contributed by atoms with van der Waals surface area (Å²) in [5.74, 6) is 2.99. The van der Waals surface area contributed by atoms with E-state index in [9.17, 15) is 8.42 Å². The average molecular weight is 506 g/mol. The Kier molecular flexibility index (Phi) is 11.7. The first kappa shape index (κ1) is 23.3. The summed E-state index contributed by atoms with van der Waals surface area (Å²) in [6, 6.07) is 0.410. The van der Waals surface area contributed by atoms with Gasteiger partial charge in [-0.2, -0.15) is 11.8 Å². The molecule has 2 heterocycles. The van der Waals surface area contributed by atoms with Crippen molar-refractivity contribution in [2.75, 3.05) is 44.0 Å². The molecule has 0 saturated carbocycles. The normalized spacial score (nSPS) is 25.1. The number of rotatable bonds is 7. The predicted molar refractivity (Wildman–Crippen MR) is 116 cm³/mol. The van der Waals surface area contributed by atoms with E-state index in [-0.39, 0.29) is 35.8 Å². The fourth-order valence-electron chi connectivity index (χ4n) is 2.81. The number of hydrogen-bond donors (Lipinski definition) is 3. The third-order valence-electron chi connectivity index (χ3n) is 4.19. The van der Waals surface area contributed by atoms with Gasteiger partial charge in [0.05, 0.1) is 11.9 Å². The molecular formula is C15H31IN4O3S2. The molecule has 2 rings (SSSR count). The van der Waals surface area contributed by atoms with Crippen molar-refractivity contribution >= 4 is 51.7 Å². The van der Waals surface area contributed by atoms with Crippen molar-refractivity contribution in [2.24, 2.45) is 4.99 Å². The topological polar surface area (TPSA) is 91.8 Å². The van der Waals surface area contributed by atoms with Gasteiger partial charge < -0.3 is 15.4 Å². The first-order valence-electron chi connectivity index (χ1n) is 8.73. The van der Waals surface area contributed by atoms with E-state index in [1.54, 1.807) is 7.05 Å². The van der Waals surface area contributed by atoms with Gasteiger partial charge in [-0.1, -0.05) is 0 Å². The highest BCUT2D eigenvalue weighted by molar-refractivity contribution is 14.0. The van der Waals surface area contributed by atoms with E-state index >= 15 is 0 Å². The molecule has 0 radical (unpaired) electrons. The summed E-state index contributed by atoms with van der Waals surface area (Å²) in [5.41, 5.74) is 0. The number of ether oxygens (including phenoxy) is 1. The molecule has 10 heteroatoms. The van der Waals surface area contributed by atoms with Crippen molar-refractivity contribution in [3.05, 3.63) is 0 Å². The maximum Gasteiger partial charge on any atom is 0.213 e. The minimum absolute atomic E-state index is 0. The molecule has 0 bridgehead atoms. The van der Waals surface area contributed by atoms with Crippen LogP contribution in [0.15, 0.2) is 4.99 Å². The van der Waals surface area contributed by atoms with E-state index in [0.717, 1.165) is 38.0 Å². The Labute approximate surface area is 173 Å². The van der Waals surface area contributed by atoms with Crippen molar-refractivity contribution in [1.29, 1.82) is 0 Å². The Morgan fingerprint density at radius 3 is 2.76 bits per heavy atom. The summed E-state index contributed by atoms with van der Waals surface area (Å²) in [6.07, 6.45) is 5.46. The van der Waals surface area contributed by atoms with Gasteiger partial charge in [0.15, 0.2) is 5.96 Å². The molecule has 3 N–H and O–H groups in total. The Hall–Kier alpha value is 0.220. The van der Waals surface area contributed by atoms with E-state index in [1.807, 2.05) is 11.8 Å². The zero-order valence-corrected chi connectivity index (χ0v) is 18.8. The standard InChI is InChI=1S/C15H30N4O3S2.HI/c1-16-15(19-13-5-4-9-23-12-13)17-7-10-24(20,21)18-11-14-6-2-3-8-22-14;/h13-14,18H,2-12H2,1H3,(H2,16,17,19);1H. The Morgan fingerprint density at radius 1 is 1.28 bits per heavy atom.